The first-order valence-corrected chi connectivity index (χ1v) is 10.2. The second kappa shape index (κ2) is 6.87. The molecule has 122 valence electrons. The zero-order chi connectivity index (χ0) is 16.3. The van der Waals surface area contributed by atoms with Crippen LogP contribution in [-0.4, -0.2) is 12.9 Å². The van der Waals surface area contributed by atoms with Crippen LogP contribution in [0.1, 0.15) is 13.8 Å². The second-order valence-corrected chi connectivity index (χ2v) is 8.65. The molecule has 0 aliphatic carbocycles. The Hall–Kier alpha value is -1.62. The molecular weight excluding hydrogens is 335 g/mol. The summed E-state index contributed by atoms with van der Waals surface area (Å²) in [4.78, 5) is 0.818. The summed E-state index contributed by atoms with van der Waals surface area (Å²) in [5.74, 6) is 1.64. The molecular formula is C16H17O5PS. The molecule has 2 unspecified atom stereocenters. The van der Waals surface area contributed by atoms with Crippen molar-refractivity contribution in [2.24, 2.45) is 0 Å². The standard InChI is InChI=1S/C16H17O5PS/c1-3-18-22(17,23-14-7-5-4-6-8-14)21-13-9-10-15-16(11-13)20-12(2)19-15/h4-12H,3H2,1-2H3. The fourth-order valence-corrected chi connectivity index (χ4v) is 5.44. The molecule has 2 aromatic rings. The SMILES string of the molecule is CCOP(=O)(Oc1ccc2c(c1)OC(C)O2)Sc1ccccc1. The maximum atomic E-state index is 13.0. The topological polar surface area (TPSA) is 54.0 Å². The molecule has 0 amide bonds. The molecule has 0 N–H and O–H groups in total. The van der Waals surface area contributed by atoms with Crippen LogP contribution in [0.3, 0.4) is 0 Å². The van der Waals surface area contributed by atoms with Crippen LogP contribution < -0.4 is 14.0 Å². The third kappa shape index (κ3) is 4.02. The summed E-state index contributed by atoms with van der Waals surface area (Å²) in [6.45, 7) is 0.490. The predicted molar refractivity (Wildman–Crippen MR) is 89.3 cm³/mol. The quantitative estimate of drug-likeness (QED) is 0.673. The van der Waals surface area contributed by atoms with Crippen LogP contribution in [0.2, 0.25) is 0 Å². The summed E-state index contributed by atoms with van der Waals surface area (Å²) in [5, 5.41) is 0. The van der Waals surface area contributed by atoms with Gasteiger partial charge in [-0.3, -0.25) is 4.52 Å². The first kappa shape index (κ1) is 16.2. The Balaban J connectivity index is 1.80. The molecule has 7 heteroatoms. The fourth-order valence-electron chi connectivity index (χ4n) is 2.09. The van der Waals surface area contributed by atoms with Crippen molar-refractivity contribution < 1.29 is 23.1 Å². The van der Waals surface area contributed by atoms with Gasteiger partial charge in [0.2, 0.25) is 6.29 Å². The predicted octanol–water partition coefficient (Wildman–Crippen LogP) is 5.12. The minimum Gasteiger partial charge on any atom is -0.451 e. The highest BCUT2D eigenvalue weighted by atomic mass is 32.7. The van der Waals surface area contributed by atoms with Crippen molar-refractivity contribution in [3.63, 3.8) is 0 Å². The van der Waals surface area contributed by atoms with Crippen molar-refractivity contribution in [3.8, 4) is 17.2 Å². The minimum atomic E-state index is -3.38. The summed E-state index contributed by atoms with van der Waals surface area (Å²) in [7, 11) is 0. The van der Waals surface area contributed by atoms with Crippen molar-refractivity contribution in [1.82, 2.24) is 0 Å². The van der Waals surface area contributed by atoms with Gasteiger partial charge in [0.1, 0.15) is 5.75 Å². The van der Waals surface area contributed by atoms with Gasteiger partial charge in [0, 0.05) is 29.3 Å². The Morgan fingerprint density at radius 3 is 2.61 bits per heavy atom. The van der Waals surface area contributed by atoms with Crippen molar-refractivity contribution in [2.45, 2.75) is 25.0 Å². The summed E-state index contributed by atoms with van der Waals surface area (Å²) < 4.78 is 35.0. The van der Waals surface area contributed by atoms with E-state index in [0.29, 0.717) is 23.9 Å². The Bertz CT molecular complexity index is 722. The number of rotatable bonds is 6. The number of hydrogen-bond donors (Lipinski definition) is 0. The Kier molecular flexibility index (Phi) is 4.85. The third-order valence-electron chi connectivity index (χ3n) is 2.97. The molecule has 0 bridgehead atoms. The van der Waals surface area contributed by atoms with E-state index in [0.717, 1.165) is 16.3 Å². The highest BCUT2D eigenvalue weighted by Crippen LogP contribution is 2.63. The van der Waals surface area contributed by atoms with E-state index < -0.39 is 6.80 Å². The van der Waals surface area contributed by atoms with Crippen LogP contribution >= 0.6 is 18.2 Å². The number of hydrogen-bond acceptors (Lipinski definition) is 6. The summed E-state index contributed by atoms with van der Waals surface area (Å²) in [6, 6.07) is 14.5. The van der Waals surface area contributed by atoms with E-state index in [-0.39, 0.29) is 6.29 Å². The van der Waals surface area contributed by atoms with Crippen LogP contribution in [0.4, 0.5) is 0 Å². The van der Waals surface area contributed by atoms with Crippen LogP contribution in [0, 0.1) is 0 Å². The van der Waals surface area contributed by atoms with Gasteiger partial charge < -0.3 is 14.0 Å². The minimum absolute atomic E-state index is 0.290. The van der Waals surface area contributed by atoms with Crippen LogP contribution in [0.5, 0.6) is 17.2 Å². The van der Waals surface area contributed by atoms with E-state index in [1.807, 2.05) is 30.3 Å². The first-order valence-electron chi connectivity index (χ1n) is 7.24. The van der Waals surface area contributed by atoms with Crippen LogP contribution in [0.15, 0.2) is 53.4 Å². The first-order chi connectivity index (χ1) is 11.1. The van der Waals surface area contributed by atoms with E-state index in [4.69, 9.17) is 18.5 Å². The number of ether oxygens (including phenoxy) is 2. The molecule has 2 atom stereocenters. The molecule has 23 heavy (non-hydrogen) atoms. The summed E-state index contributed by atoms with van der Waals surface area (Å²) in [6.07, 6.45) is -0.336. The Labute approximate surface area is 139 Å². The molecule has 3 rings (SSSR count). The average molecular weight is 352 g/mol. The Morgan fingerprint density at radius 1 is 1.13 bits per heavy atom. The molecule has 0 spiro atoms. The molecule has 1 heterocycles. The largest absolute Gasteiger partial charge is 0.451 e. The molecule has 1 aliphatic heterocycles. The van der Waals surface area contributed by atoms with Gasteiger partial charge in [-0.25, -0.2) is 4.57 Å². The molecule has 0 saturated heterocycles. The second-order valence-electron chi connectivity index (χ2n) is 4.77. The zero-order valence-electron chi connectivity index (χ0n) is 12.8. The van der Waals surface area contributed by atoms with E-state index >= 15 is 0 Å². The lowest BCUT2D eigenvalue weighted by Gasteiger charge is -2.17. The van der Waals surface area contributed by atoms with E-state index in [1.54, 1.807) is 32.0 Å². The molecule has 0 radical (unpaired) electrons. The lowest BCUT2D eigenvalue weighted by molar-refractivity contribution is 0.0678. The molecule has 0 aromatic heterocycles. The summed E-state index contributed by atoms with van der Waals surface area (Å²) in [5.41, 5.74) is 0. The van der Waals surface area contributed by atoms with Gasteiger partial charge in [-0.15, -0.1) is 0 Å². The highest BCUT2D eigenvalue weighted by Gasteiger charge is 2.29. The fraction of sp³-hybridized carbons (Fsp3) is 0.250. The van der Waals surface area contributed by atoms with E-state index in [2.05, 4.69) is 0 Å². The van der Waals surface area contributed by atoms with Crippen molar-refractivity contribution in [3.05, 3.63) is 48.5 Å². The Morgan fingerprint density at radius 2 is 1.87 bits per heavy atom. The third-order valence-corrected chi connectivity index (χ3v) is 6.52. The number of fused-ring (bicyclic) bond motifs is 1. The lowest BCUT2D eigenvalue weighted by atomic mass is 10.3. The van der Waals surface area contributed by atoms with Gasteiger partial charge in [-0.1, -0.05) is 18.2 Å². The van der Waals surface area contributed by atoms with Gasteiger partial charge in [0.15, 0.2) is 11.5 Å². The molecule has 2 aromatic carbocycles. The van der Waals surface area contributed by atoms with Gasteiger partial charge in [0.25, 0.3) is 0 Å². The van der Waals surface area contributed by atoms with Crippen LogP contribution in [0.25, 0.3) is 0 Å². The normalized spacial score (nSPS) is 18.4. The monoisotopic (exact) mass is 352 g/mol. The average Bonchev–Trinajstić information content (AvgIpc) is 2.87. The molecule has 0 saturated carbocycles. The maximum Gasteiger partial charge on any atom is 0.444 e. The van der Waals surface area contributed by atoms with Gasteiger partial charge in [0.05, 0.1) is 6.61 Å². The molecule has 0 fully saturated rings. The van der Waals surface area contributed by atoms with Crippen molar-refractivity contribution in [1.29, 1.82) is 0 Å². The van der Waals surface area contributed by atoms with Gasteiger partial charge in [-0.05, 0) is 31.2 Å². The number of benzene rings is 2. The summed E-state index contributed by atoms with van der Waals surface area (Å²) >= 11 is 1.08. The van der Waals surface area contributed by atoms with Gasteiger partial charge in [-0.2, -0.15) is 0 Å². The highest BCUT2D eigenvalue weighted by molar-refractivity contribution is 8.55. The maximum absolute atomic E-state index is 13.0. The molecule has 1 aliphatic rings. The van der Waals surface area contributed by atoms with Gasteiger partial charge >= 0.3 is 6.80 Å². The van der Waals surface area contributed by atoms with E-state index in [1.165, 1.54) is 0 Å². The smallest absolute Gasteiger partial charge is 0.444 e. The zero-order valence-corrected chi connectivity index (χ0v) is 14.5. The van der Waals surface area contributed by atoms with Crippen molar-refractivity contribution in [2.75, 3.05) is 6.61 Å². The lowest BCUT2D eigenvalue weighted by Crippen LogP contribution is -2.11. The van der Waals surface area contributed by atoms with Crippen LogP contribution in [-0.2, 0) is 9.09 Å². The van der Waals surface area contributed by atoms with E-state index in [9.17, 15) is 4.57 Å². The van der Waals surface area contributed by atoms with Crippen molar-refractivity contribution >= 4 is 18.2 Å². The molecule has 5 nitrogen and oxygen atoms in total.